The average molecular weight is 260 g/mol. The topological polar surface area (TPSA) is 21.3 Å². The number of nitrogens with one attached hydrogen (secondary N) is 1. The summed E-state index contributed by atoms with van der Waals surface area (Å²) in [4.78, 5) is 1.46. The number of hydrogen-bond acceptors (Lipinski definition) is 3. The smallest absolute Gasteiger partial charge is 0.0934 e. The fraction of sp³-hybridized carbons (Fsp3) is 0.667. The highest BCUT2D eigenvalue weighted by Crippen LogP contribution is 2.39. The van der Waals surface area contributed by atoms with E-state index in [1.807, 2.05) is 0 Å². The molecule has 1 heterocycles. The molecule has 4 heteroatoms. The number of methoxy groups -OCH3 is 1. The first-order valence-electron chi connectivity index (χ1n) is 5.71. The summed E-state index contributed by atoms with van der Waals surface area (Å²) in [6, 6.07) is 2.62. The number of aryl methyl sites for hydroxylation is 1. The van der Waals surface area contributed by atoms with Crippen molar-refractivity contribution in [2.45, 2.75) is 25.8 Å². The first-order chi connectivity index (χ1) is 7.70. The van der Waals surface area contributed by atoms with Crippen LogP contribution in [0.1, 0.15) is 29.8 Å². The molecule has 1 aliphatic carbocycles. The Morgan fingerprint density at radius 1 is 1.69 bits per heavy atom. The molecule has 1 aromatic heterocycles. The molecule has 0 fully saturated rings. The molecule has 2 unspecified atom stereocenters. The van der Waals surface area contributed by atoms with Crippen LogP contribution in [0, 0.1) is 5.92 Å². The number of hydrogen-bond donors (Lipinski definition) is 1. The predicted octanol–water partition coefficient (Wildman–Crippen LogP) is 3.26. The Labute approximate surface area is 106 Å². The van der Waals surface area contributed by atoms with Gasteiger partial charge in [-0.3, -0.25) is 0 Å². The molecule has 2 rings (SSSR count). The number of halogens is 1. The third-order valence-corrected chi connectivity index (χ3v) is 4.35. The summed E-state index contributed by atoms with van der Waals surface area (Å²) in [5, 5.41) is 3.60. The van der Waals surface area contributed by atoms with Crippen molar-refractivity contribution in [3.63, 3.8) is 0 Å². The minimum Gasteiger partial charge on any atom is -0.384 e. The number of thiophene rings is 1. The summed E-state index contributed by atoms with van der Waals surface area (Å²) in [5.41, 5.74) is 1.42. The van der Waals surface area contributed by atoms with Crippen LogP contribution in [0.2, 0.25) is 4.34 Å². The number of fused-ring (bicyclic) bond motifs is 1. The van der Waals surface area contributed by atoms with Crippen molar-refractivity contribution in [2.24, 2.45) is 5.92 Å². The lowest BCUT2D eigenvalue weighted by atomic mass is 10.1. The van der Waals surface area contributed by atoms with E-state index >= 15 is 0 Å². The van der Waals surface area contributed by atoms with Crippen LogP contribution in [-0.2, 0) is 11.2 Å². The van der Waals surface area contributed by atoms with Crippen LogP contribution < -0.4 is 5.32 Å². The van der Waals surface area contributed by atoms with E-state index in [9.17, 15) is 0 Å². The first kappa shape index (κ1) is 12.4. The highest BCUT2D eigenvalue weighted by molar-refractivity contribution is 7.16. The Kier molecular flexibility index (Phi) is 4.25. The maximum atomic E-state index is 6.03. The molecule has 1 aliphatic rings. The molecule has 0 aliphatic heterocycles. The fourth-order valence-corrected chi connectivity index (χ4v) is 3.59. The van der Waals surface area contributed by atoms with E-state index in [4.69, 9.17) is 16.3 Å². The molecule has 0 saturated carbocycles. The zero-order valence-corrected chi connectivity index (χ0v) is 11.3. The SMILES string of the molecule is COCC(C)CNC1CCc2sc(Cl)cc21. The van der Waals surface area contributed by atoms with Gasteiger partial charge in [-0.2, -0.15) is 0 Å². The molecular weight excluding hydrogens is 242 g/mol. The first-order valence-corrected chi connectivity index (χ1v) is 6.90. The molecule has 1 N–H and O–H groups in total. The molecule has 0 aromatic carbocycles. The molecule has 16 heavy (non-hydrogen) atoms. The van der Waals surface area contributed by atoms with Gasteiger partial charge in [0.2, 0.25) is 0 Å². The predicted molar refractivity (Wildman–Crippen MR) is 69.4 cm³/mol. The second-order valence-electron chi connectivity index (χ2n) is 4.49. The summed E-state index contributed by atoms with van der Waals surface area (Å²) in [7, 11) is 1.75. The molecule has 0 amide bonds. The van der Waals surface area contributed by atoms with E-state index < -0.39 is 0 Å². The zero-order chi connectivity index (χ0) is 11.5. The molecular formula is C12H18ClNOS. The summed E-state index contributed by atoms with van der Waals surface area (Å²) in [6.07, 6.45) is 2.38. The monoisotopic (exact) mass is 259 g/mol. The van der Waals surface area contributed by atoms with Crippen molar-refractivity contribution in [2.75, 3.05) is 20.3 Å². The van der Waals surface area contributed by atoms with Crippen molar-refractivity contribution in [1.29, 1.82) is 0 Å². The Bertz CT molecular complexity index is 353. The van der Waals surface area contributed by atoms with Gasteiger partial charge in [-0.25, -0.2) is 0 Å². The summed E-state index contributed by atoms with van der Waals surface area (Å²) < 4.78 is 6.05. The average Bonchev–Trinajstić information content (AvgIpc) is 2.75. The third kappa shape index (κ3) is 2.77. The summed E-state index contributed by atoms with van der Waals surface area (Å²) >= 11 is 7.75. The van der Waals surface area contributed by atoms with E-state index in [0.29, 0.717) is 12.0 Å². The fourth-order valence-electron chi connectivity index (χ4n) is 2.23. The van der Waals surface area contributed by atoms with Crippen molar-refractivity contribution < 1.29 is 4.74 Å². The molecule has 90 valence electrons. The van der Waals surface area contributed by atoms with Gasteiger partial charge in [-0.1, -0.05) is 18.5 Å². The molecule has 0 spiro atoms. The minimum atomic E-state index is 0.498. The van der Waals surface area contributed by atoms with Gasteiger partial charge in [0.25, 0.3) is 0 Å². The van der Waals surface area contributed by atoms with Crippen molar-refractivity contribution in [3.05, 3.63) is 20.8 Å². The molecule has 0 saturated heterocycles. The van der Waals surface area contributed by atoms with E-state index in [-0.39, 0.29) is 0 Å². The van der Waals surface area contributed by atoms with Crippen molar-refractivity contribution in [1.82, 2.24) is 5.32 Å². The highest BCUT2D eigenvalue weighted by Gasteiger charge is 2.24. The van der Waals surface area contributed by atoms with Crippen LogP contribution >= 0.6 is 22.9 Å². The maximum absolute atomic E-state index is 6.03. The Hall–Kier alpha value is -0.0900. The van der Waals surface area contributed by atoms with Gasteiger partial charge in [-0.05, 0) is 30.4 Å². The van der Waals surface area contributed by atoms with Gasteiger partial charge in [0, 0.05) is 31.2 Å². The van der Waals surface area contributed by atoms with Crippen LogP contribution in [0.3, 0.4) is 0 Å². The normalized spacial score (nSPS) is 21.1. The van der Waals surface area contributed by atoms with E-state index in [1.54, 1.807) is 18.4 Å². The number of ether oxygens (including phenoxy) is 1. The Morgan fingerprint density at radius 3 is 3.25 bits per heavy atom. The molecule has 2 nitrogen and oxygen atoms in total. The largest absolute Gasteiger partial charge is 0.384 e. The molecule has 0 radical (unpaired) electrons. The van der Waals surface area contributed by atoms with Crippen LogP contribution in [0.25, 0.3) is 0 Å². The lowest BCUT2D eigenvalue weighted by Crippen LogP contribution is -2.26. The quantitative estimate of drug-likeness (QED) is 0.877. The minimum absolute atomic E-state index is 0.498. The Balaban J connectivity index is 1.88. The Morgan fingerprint density at radius 2 is 2.50 bits per heavy atom. The van der Waals surface area contributed by atoms with Gasteiger partial charge in [0.05, 0.1) is 4.34 Å². The van der Waals surface area contributed by atoms with Crippen LogP contribution in [-0.4, -0.2) is 20.3 Å². The van der Waals surface area contributed by atoms with E-state index in [2.05, 4.69) is 18.3 Å². The van der Waals surface area contributed by atoms with Gasteiger partial charge < -0.3 is 10.1 Å². The van der Waals surface area contributed by atoms with Crippen LogP contribution in [0.5, 0.6) is 0 Å². The number of rotatable bonds is 5. The van der Waals surface area contributed by atoms with Gasteiger partial charge in [0.1, 0.15) is 0 Å². The lowest BCUT2D eigenvalue weighted by molar-refractivity contribution is 0.157. The molecule has 1 aromatic rings. The van der Waals surface area contributed by atoms with Crippen LogP contribution in [0.15, 0.2) is 6.07 Å². The van der Waals surface area contributed by atoms with Gasteiger partial charge >= 0.3 is 0 Å². The zero-order valence-electron chi connectivity index (χ0n) is 9.75. The van der Waals surface area contributed by atoms with E-state index in [0.717, 1.165) is 17.5 Å². The lowest BCUT2D eigenvalue weighted by Gasteiger charge is -2.16. The van der Waals surface area contributed by atoms with E-state index in [1.165, 1.54) is 23.3 Å². The highest BCUT2D eigenvalue weighted by atomic mass is 35.5. The molecule has 0 bridgehead atoms. The van der Waals surface area contributed by atoms with Crippen molar-refractivity contribution >= 4 is 22.9 Å². The second kappa shape index (κ2) is 5.50. The standard InChI is InChI=1S/C12H18ClNOS/c1-8(7-15-2)6-14-10-3-4-11-9(10)5-12(13)16-11/h5,8,10,14H,3-4,6-7H2,1-2H3. The van der Waals surface area contributed by atoms with Gasteiger partial charge in [-0.15, -0.1) is 11.3 Å². The third-order valence-electron chi connectivity index (χ3n) is 3.01. The van der Waals surface area contributed by atoms with Crippen molar-refractivity contribution in [3.8, 4) is 0 Å². The summed E-state index contributed by atoms with van der Waals surface area (Å²) in [5.74, 6) is 0.558. The maximum Gasteiger partial charge on any atom is 0.0934 e. The summed E-state index contributed by atoms with van der Waals surface area (Å²) in [6.45, 7) is 4.02. The second-order valence-corrected chi connectivity index (χ2v) is 6.26. The van der Waals surface area contributed by atoms with Crippen LogP contribution in [0.4, 0.5) is 0 Å². The molecule has 2 atom stereocenters. The van der Waals surface area contributed by atoms with Gasteiger partial charge in [0.15, 0.2) is 0 Å².